The molecule has 2 amide bonds. The number of fused-ring (bicyclic) bond motifs is 1. The van der Waals surface area contributed by atoms with E-state index in [1.165, 1.54) is 11.3 Å². The van der Waals surface area contributed by atoms with Crippen LogP contribution in [0.3, 0.4) is 0 Å². The molecule has 1 aliphatic heterocycles. The Hall–Kier alpha value is -2.51. The third-order valence-electron chi connectivity index (χ3n) is 4.61. The molecule has 0 radical (unpaired) electrons. The van der Waals surface area contributed by atoms with Gasteiger partial charge in [0.1, 0.15) is 0 Å². The summed E-state index contributed by atoms with van der Waals surface area (Å²) in [5, 5.41) is 15.4. The number of aliphatic hydroxyl groups excluding tert-OH is 1. The number of nitrogens with zero attached hydrogens (tertiary/aromatic N) is 1. The number of hydrogen-bond donors (Lipinski definition) is 3. The number of likely N-dealkylation sites (N-methyl/N-ethyl adjacent to an activating group) is 1. The minimum absolute atomic E-state index is 0.0221. The van der Waals surface area contributed by atoms with Crippen molar-refractivity contribution in [2.45, 2.75) is 17.4 Å². The highest BCUT2D eigenvalue weighted by atomic mass is 32.2. The first-order chi connectivity index (χ1) is 13.0. The smallest absolute Gasteiger partial charge is 0.313 e. The molecule has 0 saturated carbocycles. The van der Waals surface area contributed by atoms with Gasteiger partial charge in [0.25, 0.3) is 0 Å². The van der Waals surface area contributed by atoms with Crippen LogP contribution >= 0.6 is 11.8 Å². The van der Waals surface area contributed by atoms with E-state index in [-0.39, 0.29) is 6.54 Å². The molecule has 3 N–H and O–H groups in total. The van der Waals surface area contributed by atoms with Gasteiger partial charge in [0, 0.05) is 36.4 Å². The maximum Gasteiger partial charge on any atom is 0.313 e. The number of nitrogens with one attached hydrogen (secondary N) is 2. The van der Waals surface area contributed by atoms with Gasteiger partial charge in [0.15, 0.2) is 0 Å². The molecule has 0 aromatic heterocycles. The monoisotopic (exact) mass is 385 g/mol. The second-order valence-corrected chi connectivity index (χ2v) is 7.35. The molecule has 3 rings (SSSR count). The summed E-state index contributed by atoms with van der Waals surface area (Å²) in [5.74, 6) is -1.53. The van der Waals surface area contributed by atoms with E-state index in [4.69, 9.17) is 0 Å². The zero-order chi connectivity index (χ0) is 19.4. The van der Waals surface area contributed by atoms with E-state index in [1.54, 1.807) is 23.9 Å². The number of carbonyl (C=O) groups excluding carboxylic acids is 2. The molecule has 2 aromatic rings. The minimum atomic E-state index is -0.863. The van der Waals surface area contributed by atoms with E-state index in [0.29, 0.717) is 5.69 Å². The number of rotatable bonds is 5. The van der Waals surface area contributed by atoms with Crippen LogP contribution in [0.5, 0.6) is 0 Å². The van der Waals surface area contributed by atoms with Crippen LogP contribution in [-0.2, 0) is 16.0 Å². The Morgan fingerprint density at radius 3 is 2.81 bits per heavy atom. The third-order valence-corrected chi connectivity index (χ3v) is 5.33. The van der Waals surface area contributed by atoms with Gasteiger partial charge in [0.2, 0.25) is 0 Å². The number of anilines is 2. The highest BCUT2D eigenvalue weighted by molar-refractivity contribution is 7.98. The van der Waals surface area contributed by atoms with Crippen LogP contribution in [0.4, 0.5) is 11.4 Å². The summed E-state index contributed by atoms with van der Waals surface area (Å²) in [7, 11) is 2.04. The third kappa shape index (κ3) is 4.61. The number of aliphatic hydroxyl groups is 1. The first kappa shape index (κ1) is 19.3. The zero-order valence-corrected chi connectivity index (χ0v) is 16.2. The van der Waals surface area contributed by atoms with Crippen molar-refractivity contribution < 1.29 is 14.7 Å². The fourth-order valence-corrected chi connectivity index (χ4v) is 3.53. The summed E-state index contributed by atoms with van der Waals surface area (Å²) in [6, 6.07) is 13.1. The van der Waals surface area contributed by atoms with E-state index < -0.39 is 17.9 Å². The van der Waals surface area contributed by atoms with Crippen molar-refractivity contribution >= 4 is 35.0 Å². The number of hydrogen-bond acceptors (Lipinski definition) is 5. The molecule has 0 aliphatic carbocycles. The Morgan fingerprint density at radius 2 is 2.04 bits per heavy atom. The first-order valence-electron chi connectivity index (χ1n) is 8.73. The molecule has 1 unspecified atom stereocenters. The van der Waals surface area contributed by atoms with Gasteiger partial charge in [-0.2, -0.15) is 0 Å². The average molecular weight is 385 g/mol. The predicted molar refractivity (Wildman–Crippen MR) is 108 cm³/mol. The van der Waals surface area contributed by atoms with Crippen LogP contribution in [-0.4, -0.2) is 43.3 Å². The summed E-state index contributed by atoms with van der Waals surface area (Å²) in [6.45, 7) is 0.940. The van der Waals surface area contributed by atoms with Gasteiger partial charge in [-0.3, -0.25) is 9.59 Å². The lowest BCUT2D eigenvalue weighted by Crippen LogP contribution is -2.37. The van der Waals surface area contributed by atoms with Crippen LogP contribution in [0, 0.1) is 0 Å². The minimum Gasteiger partial charge on any atom is -0.387 e. The predicted octanol–water partition coefficient (Wildman–Crippen LogP) is 2.19. The highest BCUT2D eigenvalue weighted by Crippen LogP contribution is 2.29. The number of benzene rings is 2. The first-order valence-corrected chi connectivity index (χ1v) is 9.95. The standard InChI is InChI=1S/C20H23N3O3S/c1-23-9-8-13-10-14(6-7-17(13)23)18(24)12-21-19(25)20(26)22-15-4-3-5-16(11-15)27-2/h3-7,10-11,18,24H,8-9,12H2,1-2H3,(H,21,25)(H,22,26). The van der Waals surface area contributed by atoms with Crippen LogP contribution in [0.2, 0.25) is 0 Å². The topological polar surface area (TPSA) is 81.7 Å². The average Bonchev–Trinajstić information content (AvgIpc) is 3.06. The van der Waals surface area contributed by atoms with Crippen molar-refractivity contribution in [2.75, 3.05) is 36.6 Å². The molecule has 6 nitrogen and oxygen atoms in total. The number of thioether (sulfide) groups is 1. The normalized spacial score (nSPS) is 13.8. The maximum atomic E-state index is 12.0. The zero-order valence-electron chi connectivity index (χ0n) is 15.4. The Kier molecular flexibility index (Phi) is 6.03. The van der Waals surface area contributed by atoms with Gasteiger partial charge < -0.3 is 20.6 Å². The molecule has 2 aromatic carbocycles. The molecule has 0 spiro atoms. The number of amides is 2. The highest BCUT2D eigenvalue weighted by Gasteiger charge is 2.19. The Labute approximate surface area is 163 Å². The molecule has 27 heavy (non-hydrogen) atoms. The van der Waals surface area contributed by atoms with Crippen LogP contribution < -0.4 is 15.5 Å². The lowest BCUT2D eigenvalue weighted by Gasteiger charge is -2.15. The van der Waals surface area contributed by atoms with Crippen molar-refractivity contribution in [3.8, 4) is 0 Å². The second kappa shape index (κ2) is 8.45. The van der Waals surface area contributed by atoms with E-state index in [0.717, 1.165) is 23.4 Å². The fourth-order valence-electron chi connectivity index (χ4n) is 3.07. The molecule has 0 fully saturated rings. The van der Waals surface area contributed by atoms with Crippen molar-refractivity contribution in [1.82, 2.24) is 5.32 Å². The van der Waals surface area contributed by atoms with E-state index in [9.17, 15) is 14.7 Å². The Balaban J connectivity index is 1.54. The van der Waals surface area contributed by atoms with Crippen LogP contribution in [0.25, 0.3) is 0 Å². The molecule has 0 saturated heterocycles. The van der Waals surface area contributed by atoms with Gasteiger partial charge in [-0.15, -0.1) is 11.8 Å². The lowest BCUT2D eigenvalue weighted by atomic mass is 10.0. The van der Waals surface area contributed by atoms with Gasteiger partial charge in [0.05, 0.1) is 6.10 Å². The molecular formula is C20H23N3O3S. The number of carbonyl (C=O) groups is 2. The largest absolute Gasteiger partial charge is 0.387 e. The van der Waals surface area contributed by atoms with E-state index in [2.05, 4.69) is 15.5 Å². The Bertz CT molecular complexity index is 856. The van der Waals surface area contributed by atoms with Gasteiger partial charge in [-0.25, -0.2) is 0 Å². The van der Waals surface area contributed by atoms with Gasteiger partial charge in [-0.1, -0.05) is 18.2 Å². The molecule has 7 heteroatoms. The van der Waals surface area contributed by atoms with Crippen molar-refractivity contribution in [2.24, 2.45) is 0 Å². The Morgan fingerprint density at radius 1 is 1.22 bits per heavy atom. The molecular weight excluding hydrogens is 362 g/mol. The quantitative estimate of drug-likeness (QED) is 0.543. The SMILES string of the molecule is CSc1cccc(NC(=O)C(=O)NCC(O)c2ccc3c(c2)CCN3C)c1. The maximum absolute atomic E-state index is 12.0. The van der Waals surface area contributed by atoms with E-state index >= 15 is 0 Å². The molecule has 0 bridgehead atoms. The van der Waals surface area contributed by atoms with E-state index in [1.807, 2.05) is 43.6 Å². The molecule has 1 heterocycles. The van der Waals surface area contributed by atoms with Crippen molar-refractivity contribution in [1.29, 1.82) is 0 Å². The molecule has 1 aliphatic rings. The summed E-state index contributed by atoms with van der Waals surface area (Å²) in [4.78, 5) is 27.2. The molecule has 142 valence electrons. The lowest BCUT2D eigenvalue weighted by molar-refractivity contribution is -0.136. The van der Waals surface area contributed by atoms with Gasteiger partial charge >= 0.3 is 11.8 Å². The van der Waals surface area contributed by atoms with Gasteiger partial charge in [-0.05, 0) is 48.1 Å². The van der Waals surface area contributed by atoms with Crippen molar-refractivity contribution in [3.05, 3.63) is 53.6 Å². The summed E-state index contributed by atoms with van der Waals surface area (Å²) >= 11 is 1.55. The summed E-state index contributed by atoms with van der Waals surface area (Å²) in [6.07, 6.45) is 2.01. The van der Waals surface area contributed by atoms with Crippen LogP contribution in [0.15, 0.2) is 47.4 Å². The fraction of sp³-hybridized carbons (Fsp3) is 0.300. The second-order valence-electron chi connectivity index (χ2n) is 6.47. The molecule has 1 atom stereocenters. The van der Waals surface area contributed by atoms with Crippen molar-refractivity contribution in [3.63, 3.8) is 0 Å². The summed E-state index contributed by atoms with van der Waals surface area (Å²) < 4.78 is 0. The van der Waals surface area contributed by atoms with Crippen LogP contribution in [0.1, 0.15) is 17.2 Å². The summed E-state index contributed by atoms with van der Waals surface area (Å²) in [5.41, 5.74) is 3.65.